The molecule has 30 heavy (non-hydrogen) atoms. The number of nitrogens with zero attached hydrogens (tertiary/aromatic N) is 5. The minimum atomic E-state index is -0.333. The van der Waals surface area contributed by atoms with Crippen LogP contribution in [0.4, 0.5) is 0 Å². The molecule has 1 aromatic heterocycles. The molecule has 1 unspecified atom stereocenters. The van der Waals surface area contributed by atoms with Crippen molar-refractivity contribution in [2.24, 2.45) is 7.05 Å². The van der Waals surface area contributed by atoms with E-state index in [0.717, 1.165) is 23.8 Å². The number of rotatable bonds is 3. The molecule has 1 amide bonds. The standard InChI is InChI=1S/C22H23N5O3/c1-26-21(23-24-25-26)20-14-27(10-13-30-20)22(28)19-7-3-5-17-16(4-2-6-18(17)19)15-8-11-29-12-9-15/h2-8,20H,9-14H2,1H3. The second-order valence-corrected chi connectivity index (χ2v) is 7.53. The monoisotopic (exact) mass is 405 g/mol. The molecule has 1 atom stereocenters. The first-order chi connectivity index (χ1) is 14.7. The van der Waals surface area contributed by atoms with Gasteiger partial charge in [-0.05, 0) is 44.8 Å². The van der Waals surface area contributed by atoms with Crippen LogP contribution in [0.5, 0.6) is 0 Å². The first kappa shape index (κ1) is 18.9. The fourth-order valence-electron chi connectivity index (χ4n) is 4.22. The van der Waals surface area contributed by atoms with Gasteiger partial charge in [-0.3, -0.25) is 4.79 Å². The lowest BCUT2D eigenvalue weighted by Gasteiger charge is -2.32. The van der Waals surface area contributed by atoms with Crippen LogP contribution in [0.25, 0.3) is 16.3 Å². The number of benzene rings is 2. The average molecular weight is 405 g/mol. The van der Waals surface area contributed by atoms with E-state index in [2.05, 4.69) is 33.7 Å². The lowest BCUT2D eigenvalue weighted by atomic mass is 9.93. The highest BCUT2D eigenvalue weighted by Gasteiger charge is 2.30. The number of carbonyl (C=O) groups excluding carboxylic acids is 1. The quantitative estimate of drug-likeness (QED) is 0.665. The first-order valence-electron chi connectivity index (χ1n) is 10.1. The third-order valence-corrected chi connectivity index (χ3v) is 5.76. The third-order valence-electron chi connectivity index (χ3n) is 5.76. The molecule has 3 aromatic rings. The first-order valence-corrected chi connectivity index (χ1v) is 10.1. The van der Waals surface area contributed by atoms with Gasteiger partial charge in [-0.1, -0.05) is 36.4 Å². The number of hydrogen-bond donors (Lipinski definition) is 0. The number of fused-ring (bicyclic) bond motifs is 1. The fraction of sp³-hybridized carbons (Fsp3) is 0.364. The summed E-state index contributed by atoms with van der Waals surface area (Å²) in [4.78, 5) is 15.3. The Hall–Kier alpha value is -3.10. The van der Waals surface area contributed by atoms with E-state index in [1.54, 1.807) is 11.7 Å². The molecular formula is C22H23N5O3. The Morgan fingerprint density at radius 1 is 1.13 bits per heavy atom. The minimum absolute atomic E-state index is 0.00198. The number of morpholine rings is 1. The largest absolute Gasteiger partial charge is 0.377 e. The number of amides is 1. The van der Waals surface area contributed by atoms with Crippen LogP contribution in [0.1, 0.15) is 34.3 Å². The van der Waals surface area contributed by atoms with E-state index in [9.17, 15) is 4.79 Å². The number of tetrazole rings is 1. The summed E-state index contributed by atoms with van der Waals surface area (Å²) < 4.78 is 12.9. The molecule has 0 radical (unpaired) electrons. The average Bonchev–Trinajstić information content (AvgIpc) is 3.24. The van der Waals surface area contributed by atoms with Gasteiger partial charge in [0.25, 0.3) is 5.91 Å². The summed E-state index contributed by atoms with van der Waals surface area (Å²) in [5.41, 5.74) is 3.16. The molecule has 3 heterocycles. The normalized spacial score (nSPS) is 19.7. The Kier molecular flexibility index (Phi) is 5.02. The Labute approximate surface area is 174 Å². The highest BCUT2D eigenvalue weighted by atomic mass is 16.5. The van der Waals surface area contributed by atoms with Crippen LogP contribution in [0, 0.1) is 0 Å². The summed E-state index contributed by atoms with van der Waals surface area (Å²) in [7, 11) is 1.77. The molecule has 1 fully saturated rings. The highest BCUT2D eigenvalue weighted by molar-refractivity contribution is 6.09. The van der Waals surface area contributed by atoms with Crippen LogP contribution < -0.4 is 0 Å². The SMILES string of the molecule is Cn1nnnc1C1CN(C(=O)c2cccc3c(C4=CCOCC4)cccc23)CCO1. The molecule has 2 aliphatic heterocycles. The maximum atomic E-state index is 13.5. The Morgan fingerprint density at radius 3 is 2.80 bits per heavy atom. The van der Waals surface area contributed by atoms with Crippen LogP contribution in [-0.2, 0) is 16.5 Å². The smallest absolute Gasteiger partial charge is 0.254 e. The van der Waals surface area contributed by atoms with Gasteiger partial charge in [-0.15, -0.1) is 5.10 Å². The van der Waals surface area contributed by atoms with Gasteiger partial charge in [0.15, 0.2) is 5.82 Å². The molecule has 0 N–H and O–H groups in total. The Morgan fingerprint density at radius 2 is 2.00 bits per heavy atom. The molecule has 2 aliphatic rings. The van der Waals surface area contributed by atoms with E-state index in [1.165, 1.54) is 11.1 Å². The van der Waals surface area contributed by atoms with Gasteiger partial charge >= 0.3 is 0 Å². The highest BCUT2D eigenvalue weighted by Crippen LogP contribution is 2.31. The van der Waals surface area contributed by atoms with Crippen molar-refractivity contribution < 1.29 is 14.3 Å². The molecule has 1 saturated heterocycles. The van der Waals surface area contributed by atoms with Gasteiger partial charge in [0.2, 0.25) is 0 Å². The maximum Gasteiger partial charge on any atom is 0.254 e. The number of carbonyl (C=O) groups is 1. The van der Waals surface area contributed by atoms with Crippen LogP contribution >= 0.6 is 0 Å². The number of aryl methyl sites for hydroxylation is 1. The lowest BCUT2D eigenvalue weighted by molar-refractivity contribution is -0.0283. The van der Waals surface area contributed by atoms with Crippen molar-refractivity contribution in [3.05, 3.63) is 59.4 Å². The van der Waals surface area contributed by atoms with Crippen molar-refractivity contribution in [2.45, 2.75) is 12.5 Å². The van der Waals surface area contributed by atoms with Crippen molar-refractivity contribution in [1.82, 2.24) is 25.1 Å². The molecule has 8 nitrogen and oxygen atoms in total. The van der Waals surface area contributed by atoms with Crippen LogP contribution in [0.2, 0.25) is 0 Å². The third kappa shape index (κ3) is 3.38. The molecular weight excluding hydrogens is 382 g/mol. The van der Waals surface area contributed by atoms with Gasteiger partial charge in [-0.25, -0.2) is 4.68 Å². The fourth-order valence-corrected chi connectivity index (χ4v) is 4.22. The summed E-state index contributed by atoms with van der Waals surface area (Å²) >= 11 is 0. The zero-order chi connectivity index (χ0) is 20.5. The molecule has 2 aromatic carbocycles. The van der Waals surface area contributed by atoms with Gasteiger partial charge in [0, 0.05) is 19.2 Å². The van der Waals surface area contributed by atoms with E-state index in [0.29, 0.717) is 37.7 Å². The van der Waals surface area contributed by atoms with Crippen molar-refractivity contribution >= 4 is 22.3 Å². The molecule has 154 valence electrons. The Bertz CT molecular complexity index is 1120. The molecule has 5 rings (SSSR count). The van der Waals surface area contributed by atoms with Crippen LogP contribution in [0.15, 0.2) is 42.5 Å². The van der Waals surface area contributed by atoms with E-state index in [4.69, 9.17) is 9.47 Å². The van der Waals surface area contributed by atoms with Gasteiger partial charge in [-0.2, -0.15) is 0 Å². The van der Waals surface area contributed by atoms with Crippen molar-refractivity contribution in [3.8, 4) is 0 Å². The minimum Gasteiger partial charge on any atom is -0.377 e. The number of hydrogen-bond acceptors (Lipinski definition) is 6. The van der Waals surface area contributed by atoms with Gasteiger partial charge in [0.1, 0.15) is 6.10 Å². The van der Waals surface area contributed by atoms with Crippen LogP contribution in [-0.4, -0.2) is 63.9 Å². The van der Waals surface area contributed by atoms with E-state index in [-0.39, 0.29) is 12.0 Å². The summed E-state index contributed by atoms with van der Waals surface area (Å²) in [6.07, 6.45) is 2.68. The summed E-state index contributed by atoms with van der Waals surface area (Å²) in [6.45, 7) is 2.78. The van der Waals surface area contributed by atoms with E-state index in [1.807, 2.05) is 29.2 Å². The van der Waals surface area contributed by atoms with Crippen molar-refractivity contribution in [3.63, 3.8) is 0 Å². The molecule has 0 bridgehead atoms. The lowest BCUT2D eigenvalue weighted by Crippen LogP contribution is -2.43. The molecule has 0 spiro atoms. The zero-order valence-corrected chi connectivity index (χ0v) is 16.8. The number of ether oxygens (including phenoxy) is 2. The zero-order valence-electron chi connectivity index (χ0n) is 16.8. The summed E-state index contributed by atoms with van der Waals surface area (Å²) in [5, 5.41) is 13.7. The van der Waals surface area contributed by atoms with Gasteiger partial charge < -0.3 is 14.4 Å². The summed E-state index contributed by atoms with van der Waals surface area (Å²) in [6, 6.07) is 12.1. The predicted octanol–water partition coefficient (Wildman–Crippen LogP) is 2.38. The topological polar surface area (TPSA) is 82.4 Å². The van der Waals surface area contributed by atoms with Crippen molar-refractivity contribution in [1.29, 1.82) is 0 Å². The maximum absolute atomic E-state index is 13.5. The molecule has 8 heteroatoms. The van der Waals surface area contributed by atoms with E-state index < -0.39 is 0 Å². The van der Waals surface area contributed by atoms with E-state index >= 15 is 0 Å². The second-order valence-electron chi connectivity index (χ2n) is 7.53. The summed E-state index contributed by atoms with van der Waals surface area (Å²) in [5.74, 6) is 0.626. The Balaban J connectivity index is 1.48. The molecule has 0 saturated carbocycles. The number of aromatic nitrogens is 4. The van der Waals surface area contributed by atoms with Gasteiger partial charge in [0.05, 0.1) is 26.4 Å². The van der Waals surface area contributed by atoms with Crippen LogP contribution in [0.3, 0.4) is 0 Å². The van der Waals surface area contributed by atoms with Crippen molar-refractivity contribution in [2.75, 3.05) is 32.9 Å². The predicted molar refractivity (Wildman–Crippen MR) is 111 cm³/mol. The second kappa shape index (κ2) is 7.97. The molecule has 0 aliphatic carbocycles.